The van der Waals surface area contributed by atoms with Crippen LogP contribution in [0.1, 0.15) is 44.9 Å². The van der Waals surface area contributed by atoms with E-state index in [2.05, 4.69) is 10.3 Å². The van der Waals surface area contributed by atoms with Gasteiger partial charge in [0.2, 0.25) is 0 Å². The molecule has 3 rings (SSSR count). The number of rotatable bonds is 6. The van der Waals surface area contributed by atoms with Gasteiger partial charge >= 0.3 is 6.09 Å². The fourth-order valence-electron chi connectivity index (χ4n) is 3.07. The largest absolute Gasteiger partial charge is 0.443 e. The number of hydrogen-bond acceptors (Lipinski definition) is 8. The zero-order valence-electron chi connectivity index (χ0n) is 18.9. The molecule has 1 atom stereocenters. The van der Waals surface area contributed by atoms with Gasteiger partial charge in [-0.15, -0.1) is 15.6 Å². The molecule has 11 heteroatoms. The van der Waals surface area contributed by atoms with Crippen LogP contribution in [0.3, 0.4) is 0 Å². The third-order valence-electron chi connectivity index (χ3n) is 4.58. The van der Waals surface area contributed by atoms with E-state index in [-0.39, 0.29) is 16.3 Å². The first kappa shape index (κ1) is 25.1. The normalized spacial score (nSPS) is 12.5. The Kier molecular flexibility index (Phi) is 7.24. The SMILES string of the molecule is C[C@H](Nc1ccc(S(=O)(=O)N(C(=O)OC(C)(C)C)c2cscn2)cc1C#N)c1ccccc1F. The van der Waals surface area contributed by atoms with Gasteiger partial charge in [0.1, 0.15) is 17.5 Å². The molecular formula is C23H23FN4O4S2. The van der Waals surface area contributed by atoms with E-state index in [1.165, 1.54) is 29.1 Å². The van der Waals surface area contributed by atoms with E-state index in [1.807, 2.05) is 6.07 Å². The van der Waals surface area contributed by atoms with E-state index in [9.17, 15) is 22.9 Å². The van der Waals surface area contributed by atoms with Gasteiger partial charge < -0.3 is 10.1 Å². The molecule has 0 saturated carbocycles. The number of anilines is 2. The van der Waals surface area contributed by atoms with Crippen molar-refractivity contribution >= 4 is 39.0 Å². The highest BCUT2D eigenvalue weighted by Gasteiger charge is 2.36. The lowest BCUT2D eigenvalue weighted by Crippen LogP contribution is -2.41. The molecule has 1 N–H and O–H groups in total. The smallest absolute Gasteiger partial charge is 0.430 e. The molecule has 0 bridgehead atoms. The van der Waals surface area contributed by atoms with E-state index >= 15 is 0 Å². The predicted molar refractivity (Wildman–Crippen MR) is 128 cm³/mol. The maximum Gasteiger partial charge on any atom is 0.430 e. The lowest BCUT2D eigenvalue weighted by atomic mass is 10.1. The van der Waals surface area contributed by atoms with Gasteiger partial charge in [-0.1, -0.05) is 18.2 Å². The number of ether oxygens (including phenoxy) is 1. The molecule has 1 heterocycles. The van der Waals surface area contributed by atoms with Crippen molar-refractivity contribution in [3.05, 3.63) is 70.3 Å². The second-order valence-corrected chi connectivity index (χ2v) is 10.8. The fraction of sp³-hybridized carbons (Fsp3) is 0.261. The van der Waals surface area contributed by atoms with Crippen LogP contribution < -0.4 is 9.62 Å². The first-order chi connectivity index (χ1) is 15.9. The Hall–Kier alpha value is -3.49. The van der Waals surface area contributed by atoms with E-state index < -0.39 is 33.6 Å². The maximum atomic E-state index is 14.1. The molecule has 0 saturated heterocycles. The van der Waals surface area contributed by atoms with Crippen molar-refractivity contribution in [2.75, 3.05) is 9.62 Å². The molecule has 0 aliphatic heterocycles. The number of hydrogen-bond donors (Lipinski definition) is 1. The number of nitrogens with zero attached hydrogens (tertiary/aromatic N) is 3. The van der Waals surface area contributed by atoms with Crippen molar-refractivity contribution in [3.8, 4) is 6.07 Å². The summed E-state index contributed by atoms with van der Waals surface area (Å²) in [6, 6.07) is 11.5. The number of halogens is 1. The molecule has 0 fully saturated rings. The lowest BCUT2D eigenvalue weighted by Gasteiger charge is -2.26. The van der Waals surface area contributed by atoms with Crippen molar-refractivity contribution in [2.24, 2.45) is 0 Å². The van der Waals surface area contributed by atoms with Crippen LogP contribution in [-0.4, -0.2) is 25.1 Å². The van der Waals surface area contributed by atoms with Crippen molar-refractivity contribution < 1.29 is 22.3 Å². The second kappa shape index (κ2) is 9.79. The summed E-state index contributed by atoms with van der Waals surface area (Å²) in [5, 5.41) is 14.1. The number of thiazole rings is 1. The standard InChI is InChI=1S/C23H23FN4O4S2/c1-15(18-7-5-6-8-19(18)24)27-20-10-9-17(11-16(20)12-25)34(30,31)28(21-13-33-14-26-21)22(29)32-23(2,3)4/h5-11,13-15,27H,1-4H3/t15-/m0/s1. The molecule has 0 unspecified atom stereocenters. The molecule has 1 amide bonds. The zero-order chi connectivity index (χ0) is 25.1. The summed E-state index contributed by atoms with van der Waals surface area (Å²) in [7, 11) is -4.47. The molecule has 0 radical (unpaired) electrons. The Morgan fingerprint density at radius 2 is 1.97 bits per heavy atom. The summed E-state index contributed by atoms with van der Waals surface area (Å²) in [6.45, 7) is 6.56. The number of sulfonamides is 1. The molecule has 0 aliphatic carbocycles. The van der Waals surface area contributed by atoms with Crippen molar-refractivity contribution in [2.45, 2.75) is 44.2 Å². The summed E-state index contributed by atoms with van der Waals surface area (Å²) in [4.78, 5) is 16.5. The Morgan fingerprint density at radius 3 is 2.56 bits per heavy atom. The number of amides is 1. The first-order valence-corrected chi connectivity index (χ1v) is 12.5. The highest BCUT2D eigenvalue weighted by atomic mass is 32.2. The quantitative estimate of drug-likeness (QED) is 0.476. The van der Waals surface area contributed by atoms with Crippen LogP contribution in [0.2, 0.25) is 0 Å². The molecule has 1 aromatic heterocycles. The number of aromatic nitrogens is 1. The average molecular weight is 503 g/mol. The third-order valence-corrected chi connectivity index (χ3v) is 6.82. The summed E-state index contributed by atoms with van der Waals surface area (Å²) >= 11 is 1.11. The van der Waals surface area contributed by atoms with Crippen molar-refractivity contribution in [3.63, 3.8) is 0 Å². The van der Waals surface area contributed by atoms with Crippen LogP contribution in [0, 0.1) is 17.1 Å². The van der Waals surface area contributed by atoms with Crippen LogP contribution >= 0.6 is 11.3 Å². The minimum atomic E-state index is -4.47. The number of nitriles is 1. The summed E-state index contributed by atoms with van der Waals surface area (Å²) in [5.41, 5.74) is 1.15. The predicted octanol–water partition coefficient (Wildman–Crippen LogP) is 5.46. The van der Waals surface area contributed by atoms with Crippen LogP contribution in [0.5, 0.6) is 0 Å². The van der Waals surface area contributed by atoms with Gasteiger partial charge in [-0.05, 0) is 52.0 Å². The highest BCUT2D eigenvalue weighted by Crippen LogP contribution is 2.30. The molecular weight excluding hydrogens is 479 g/mol. The van der Waals surface area contributed by atoms with Crippen LogP contribution in [-0.2, 0) is 14.8 Å². The topological polar surface area (TPSA) is 112 Å². The Bertz CT molecular complexity index is 1330. The average Bonchev–Trinajstić information content (AvgIpc) is 3.26. The summed E-state index contributed by atoms with van der Waals surface area (Å²) < 4.78 is 46.8. The fourth-order valence-corrected chi connectivity index (χ4v) is 4.95. The molecule has 0 spiro atoms. The second-order valence-electron chi connectivity index (χ2n) is 8.30. The minimum absolute atomic E-state index is 0.00619. The molecule has 3 aromatic rings. The monoisotopic (exact) mass is 502 g/mol. The molecule has 2 aromatic carbocycles. The first-order valence-electron chi connectivity index (χ1n) is 10.2. The van der Waals surface area contributed by atoms with Gasteiger partial charge in [0.25, 0.3) is 10.0 Å². The van der Waals surface area contributed by atoms with Gasteiger partial charge in [0.15, 0.2) is 5.82 Å². The van der Waals surface area contributed by atoms with Crippen molar-refractivity contribution in [1.29, 1.82) is 5.26 Å². The van der Waals surface area contributed by atoms with Gasteiger partial charge in [-0.2, -0.15) is 5.26 Å². The minimum Gasteiger partial charge on any atom is -0.443 e. The summed E-state index contributed by atoms with van der Waals surface area (Å²) in [5.74, 6) is -0.524. The third kappa shape index (κ3) is 5.52. The van der Waals surface area contributed by atoms with Crippen LogP contribution in [0.4, 0.5) is 20.7 Å². The number of carbonyl (C=O) groups excluding carboxylic acids is 1. The Balaban J connectivity index is 1.98. The van der Waals surface area contributed by atoms with Crippen LogP contribution in [0.25, 0.3) is 0 Å². The Morgan fingerprint density at radius 1 is 1.26 bits per heavy atom. The number of benzene rings is 2. The Labute approximate surface area is 201 Å². The van der Waals surface area contributed by atoms with E-state index in [4.69, 9.17) is 4.74 Å². The van der Waals surface area contributed by atoms with Crippen molar-refractivity contribution in [1.82, 2.24) is 4.98 Å². The maximum absolute atomic E-state index is 14.1. The molecule has 8 nitrogen and oxygen atoms in total. The van der Waals surface area contributed by atoms with Crippen LogP contribution in [0.15, 0.2) is 58.3 Å². The van der Waals surface area contributed by atoms with Gasteiger partial charge in [-0.25, -0.2) is 22.6 Å². The molecule has 178 valence electrons. The zero-order valence-corrected chi connectivity index (χ0v) is 20.6. The highest BCUT2D eigenvalue weighted by molar-refractivity contribution is 7.93. The molecule has 0 aliphatic rings. The number of carbonyl (C=O) groups is 1. The van der Waals surface area contributed by atoms with Gasteiger partial charge in [0.05, 0.1) is 27.7 Å². The van der Waals surface area contributed by atoms with E-state index in [1.54, 1.807) is 45.9 Å². The van der Waals surface area contributed by atoms with Gasteiger partial charge in [-0.3, -0.25) is 0 Å². The number of nitrogens with one attached hydrogen (secondary N) is 1. The lowest BCUT2D eigenvalue weighted by molar-refractivity contribution is 0.0608. The van der Waals surface area contributed by atoms with E-state index in [0.717, 1.165) is 17.4 Å². The summed E-state index contributed by atoms with van der Waals surface area (Å²) in [6.07, 6.45) is -1.12. The van der Waals surface area contributed by atoms with E-state index in [0.29, 0.717) is 15.6 Å². The van der Waals surface area contributed by atoms with Gasteiger partial charge in [0, 0.05) is 10.9 Å². The molecule has 34 heavy (non-hydrogen) atoms.